The van der Waals surface area contributed by atoms with Crippen LogP contribution in [-0.4, -0.2) is 21.5 Å². The van der Waals surface area contributed by atoms with Crippen molar-refractivity contribution in [3.8, 4) is 0 Å². The summed E-state index contributed by atoms with van der Waals surface area (Å²) in [7, 11) is -1.57. The normalized spacial score (nSPS) is 12.7. The highest BCUT2D eigenvalue weighted by atomic mass is 28.4. The van der Waals surface area contributed by atoms with E-state index in [1.807, 2.05) is 18.2 Å². The molecule has 5 heteroatoms. The van der Waals surface area contributed by atoms with Crippen LogP contribution in [0.2, 0.25) is 18.1 Å². The van der Waals surface area contributed by atoms with Gasteiger partial charge in [-0.3, -0.25) is 0 Å². The fourth-order valence-corrected chi connectivity index (χ4v) is 5.33. The lowest BCUT2D eigenvalue weighted by Crippen LogP contribution is -2.38. The smallest absolute Gasteiger partial charge is 0.191 e. The molecule has 4 nitrogen and oxygen atoms in total. The van der Waals surface area contributed by atoms with Gasteiger partial charge in [0.2, 0.25) is 0 Å². The number of hydrogen-bond acceptors (Lipinski definition) is 2. The fourth-order valence-electron chi connectivity index (χ4n) is 2.63. The fraction of sp³-hybridized carbons (Fsp3) is 0.625. The summed E-state index contributed by atoms with van der Waals surface area (Å²) in [6.07, 6.45) is 0.904. The number of benzene rings is 1. The molecule has 0 aliphatic rings. The molecule has 1 aromatic carbocycles. The van der Waals surface area contributed by atoms with Crippen LogP contribution in [0, 0.1) is 5.92 Å². The molecular formula is C16H27N3OSi. The Morgan fingerprint density at radius 1 is 1.14 bits per heavy atom. The van der Waals surface area contributed by atoms with E-state index in [-0.39, 0.29) is 5.92 Å². The Morgan fingerprint density at radius 3 is 2.29 bits per heavy atom. The van der Waals surface area contributed by atoms with Crippen LogP contribution < -0.4 is 0 Å². The van der Waals surface area contributed by atoms with Gasteiger partial charge in [-0.25, -0.2) is 0 Å². The van der Waals surface area contributed by atoms with Crippen LogP contribution in [-0.2, 0) is 10.8 Å². The summed E-state index contributed by atoms with van der Waals surface area (Å²) in [5.74, 6) is 0.264. The summed E-state index contributed by atoms with van der Waals surface area (Å²) in [5, 5.41) is 3.76. The molecule has 0 spiro atoms. The Labute approximate surface area is 129 Å². The zero-order chi connectivity index (χ0) is 15.6. The van der Waals surface area contributed by atoms with Gasteiger partial charge in [0, 0.05) is 18.1 Å². The Morgan fingerprint density at radius 2 is 1.76 bits per heavy atom. The minimum absolute atomic E-state index is 0.264. The van der Waals surface area contributed by atoms with Crippen molar-refractivity contribution in [3.05, 3.63) is 46.3 Å². The minimum atomic E-state index is -1.57. The van der Waals surface area contributed by atoms with E-state index >= 15 is 0 Å². The van der Waals surface area contributed by atoms with Crippen molar-refractivity contribution >= 4 is 8.32 Å². The predicted octanol–water partition coefficient (Wildman–Crippen LogP) is 5.18. The molecule has 0 aliphatic carbocycles. The summed E-state index contributed by atoms with van der Waals surface area (Å²) < 4.78 is 6.36. The van der Waals surface area contributed by atoms with Crippen LogP contribution in [0.1, 0.15) is 26.3 Å². The molecule has 1 atom stereocenters. The third-order valence-corrected chi connectivity index (χ3v) is 8.97. The SMILES string of the molecule is CC[Si](CC)(CC)OCC(CN=[N+]=[N-])Cc1ccccc1. The lowest BCUT2D eigenvalue weighted by atomic mass is 10.0. The van der Waals surface area contributed by atoms with E-state index in [0.717, 1.165) is 24.6 Å². The van der Waals surface area contributed by atoms with Crippen LogP contribution in [0.5, 0.6) is 0 Å². The van der Waals surface area contributed by atoms with Crippen molar-refractivity contribution in [2.75, 3.05) is 13.2 Å². The van der Waals surface area contributed by atoms with Gasteiger partial charge in [0.25, 0.3) is 0 Å². The van der Waals surface area contributed by atoms with Gasteiger partial charge in [-0.05, 0) is 41.6 Å². The molecule has 21 heavy (non-hydrogen) atoms. The second-order valence-corrected chi connectivity index (χ2v) is 10.3. The summed E-state index contributed by atoms with van der Waals surface area (Å²) in [6.45, 7) is 7.92. The van der Waals surface area contributed by atoms with E-state index in [4.69, 9.17) is 9.96 Å². The molecule has 0 fully saturated rings. The van der Waals surface area contributed by atoms with Crippen molar-refractivity contribution in [1.29, 1.82) is 0 Å². The average molecular weight is 305 g/mol. The highest BCUT2D eigenvalue weighted by Gasteiger charge is 2.29. The van der Waals surface area contributed by atoms with Crippen molar-refractivity contribution in [3.63, 3.8) is 0 Å². The monoisotopic (exact) mass is 305 g/mol. The second kappa shape index (κ2) is 9.61. The van der Waals surface area contributed by atoms with Gasteiger partial charge in [0.1, 0.15) is 0 Å². The van der Waals surface area contributed by atoms with Gasteiger partial charge in [-0.2, -0.15) is 0 Å². The molecule has 0 N–H and O–H groups in total. The van der Waals surface area contributed by atoms with E-state index in [0.29, 0.717) is 13.2 Å². The molecule has 116 valence electrons. The zero-order valence-electron chi connectivity index (χ0n) is 13.5. The molecule has 0 radical (unpaired) electrons. The van der Waals surface area contributed by atoms with Gasteiger partial charge in [0.05, 0.1) is 0 Å². The van der Waals surface area contributed by atoms with E-state index < -0.39 is 8.32 Å². The topological polar surface area (TPSA) is 58.0 Å². The van der Waals surface area contributed by atoms with Crippen LogP contribution in [0.25, 0.3) is 10.4 Å². The first-order valence-electron chi connectivity index (χ1n) is 7.88. The molecule has 0 aromatic heterocycles. The molecular weight excluding hydrogens is 278 g/mol. The van der Waals surface area contributed by atoms with Crippen molar-refractivity contribution in [2.45, 2.75) is 45.3 Å². The minimum Gasteiger partial charge on any atom is -0.417 e. The maximum atomic E-state index is 8.57. The number of rotatable bonds is 10. The van der Waals surface area contributed by atoms with Gasteiger partial charge in [-0.1, -0.05) is 56.2 Å². The largest absolute Gasteiger partial charge is 0.417 e. The Bertz CT molecular complexity index is 434. The van der Waals surface area contributed by atoms with Crippen LogP contribution >= 0.6 is 0 Å². The van der Waals surface area contributed by atoms with E-state index in [1.165, 1.54) is 5.56 Å². The van der Waals surface area contributed by atoms with Crippen LogP contribution in [0.15, 0.2) is 35.4 Å². The average Bonchev–Trinajstić information content (AvgIpc) is 2.55. The summed E-state index contributed by atoms with van der Waals surface area (Å²) >= 11 is 0. The second-order valence-electron chi connectivity index (χ2n) is 5.52. The number of azide groups is 1. The first kappa shape index (κ1) is 17.8. The predicted molar refractivity (Wildman–Crippen MR) is 90.8 cm³/mol. The van der Waals surface area contributed by atoms with Crippen LogP contribution in [0.3, 0.4) is 0 Å². The summed E-state index contributed by atoms with van der Waals surface area (Å²) in [5.41, 5.74) is 9.85. The molecule has 0 aliphatic heterocycles. The molecule has 0 bridgehead atoms. The van der Waals surface area contributed by atoms with Gasteiger partial charge in [-0.15, -0.1) is 0 Å². The Hall–Kier alpha value is -1.29. The first-order chi connectivity index (χ1) is 10.2. The Kier molecular flexibility index (Phi) is 8.12. The van der Waals surface area contributed by atoms with Gasteiger partial charge in [0.15, 0.2) is 8.32 Å². The summed E-state index contributed by atoms with van der Waals surface area (Å²) in [6, 6.07) is 13.8. The van der Waals surface area contributed by atoms with E-state index in [9.17, 15) is 0 Å². The molecule has 1 rings (SSSR count). The third kappa shape index (κ3) is 5.92. The third-order valence-electron chi connectivity index (χ3n) is 4.33. The highest BCUT2D eigenvalue weighted by Crippen LogP contribution is 2.23. The Balaban J connectivity index is 2.67. The molecule has 0 saturated heterocycles. The maximum Gasteiger partial charge on any atom is 0.191 e. The number of nitrogens with zero attached hydrogens (tertiary/aromatic N) is 3. The standard InChI is InChI=1S/C16H27N3OSi/c1-4-21(5-2,6-3)20-14-16(13-18-19-17)12-15-10-8-7-9-11-15/h7-11,16H,4-6,12-14H2,1-3H3. The van der Waals surface area contributed by atoms with Crippen molar-refractivity contribution < 1.29 is 4.43 Å². The lowest BCUT2D eigenvalue weighted by Gasteiger charge is -2.30. The highest BCUT2D eigenvalue weighted by molar-refractivity contribution is 6.73. The van der Waals surface area contributed by atoms with E-state index in [1.54, 1.807) is 0 Å². The summed E-state index contributed by atoms with van der Waals surface area (Å²) in [4.78, 5) is 2.90. The van der Waals surface area contributed by atoms with Gasteiger partial charge < -0.3 is 4.43 Å². The molecule has 0 heterocycles. The number of hydrogen-bond donors (Lipinski definition) is 0. The quantitative estimate of drug-likeness (QED) is 0.254. The van der Waals surface area contributed by atoms with Crippen molar-refractivity contribution in [2.24, 2.45) is 11.0 Å². The zero-order valence-corrected chi connectivity index (χ0v) is 14.5. The molecule has 1 aromatic rings. The molecule has 0 saturated carbocycles. The van der Waals surface area contributed by atoms with Crippen LogP contribution in [0.4, 0.5) is 0 Å². The van der Waals surface area contributed by atoms with Gasteiger partial charge >= 0.3 is 0 Å². The molecule has 0 amide bonds. The van der Waals surface area contributed by atoms with Crippen molar-refractivity contribution in [1.82, 2.24) is 0 Å². The van der Waals surface area contributed by atoms with E-state index in [2.05, 4.69) is 42.9 Å². The molecule has 1 unspecified atom stereocenters. The lowest BCUT2D eigenvalue weighted by molar-refractivity contribution is 0.237. The maximum absolute atomic E-state index is 8.57. The first-order valence-corrected chi connectivity index (χ1v) is 10.4.